The lowest BCUT2D eigenvalue weighted by Gasteiger charge is -2.29. The number of benzene rings is 1. The number of carbonyl (C=O) groups is 2. The van der Waals surface area contributed by atoms with Crippen LogP contribution in [0.1, 0.15) is 12.0 Å². The third kappa shape index (κ3) is 2.15. The Hall–Kier alpha value is -2.10. The van der Waals surface area contributed by atoms with Gasteiger partial charge < -0.3 is 10.0 Å². The quantitative estimate of drug-likeness (QED) is 0.868. The number of hydrogen-bond acceptors (Lipinski definition) is 2. The number of carboxylic acid groups (broad SMARTS) is 1. The van der Waals surface area contributed by atoms with Crippen molar-refractivity contribution in [1.29, 1.82) is 0 Å². The largest absolute Gasteiger partial charge is 0.481 e. The second-order valence-electron chi connectivity index (χ2n) is 6.02. The SMILES string of the molecule is Cc1ccccc1N(C)C(=O)[C@H]1C2C=CC(C2)[C@H]1C(=O)O. The van der Waals surface area contributed by atoms with Gasteiger partial charge in [0.2, 0.25) is 5.91 Å². The van der Waals surface area contributed by atoms with E-state index in [0.29, 0.717) is 0 Å². The fourth-order valence-corrected chi connectivity index (χ4v) is 3.78. The Kier molecular flexibility index (Phi) is 3.32. The van der Waals surface area contributed by atoms with E-state index in [9.17, 15) is 14.7 Å². The van der Waals surface area contributed by atoms with E-state index in [1.54, 1.807) is 11.9 Å². The maximum absolute atomic E-state index is 12.8. The van der Waals surface area contributed by atoms with Crippen LogP contribution in [0, 0.1) is 30.6 Å². The van der Waals surface area contributed by atoms with Crippen LogP contribution in [0.3, 0.4) is 0 Å². The van der Waals surface area contributed by atoms with Crippen molar-refractivity contribution in [2.75, 3.05) is 11.9 Å². The highest BCUT2D eigenvalue weighted by atomic mass is 16.4. The lowest BCUT2D eigenvalue weighted by atomic mass is 9.82. The summed E-state index contributed by atoms with van der Waals surface area (Å²) in [6.07, 6.45) is 4.76. The van der Waals surface area contributed by atoms with Crippen LogP contribution in [-0.2, 0) is 9.59 Å². The Bertz CT molecular complexity index is 622. The van der Waals surface area contributed by atoms with Gasteiger partial charge in [0.25, 0.3) is 0 Å². The first-order valence-electron chi connectivity index (χ1n) is 7.25. The van der Waals surface area contributed by atoms with Crippen LogP contribution in [0.4, 0.5) is 5.69 Å². The normalized spacial score (nSPS) is 29.6. The van der Waals surface area contributed by atoms with E-state index < -0.39 is 17.8 Å². The van der Waals surface area contributed by atoms with Gasteiger partial charge in [-0.3, -0.25) is 9.59 Å². The van der Waals surface area contributed by atoms with E-state index >= 15 is 0 Å². The minimum Gasteiger partial charge on any atom is -0.481 e. The van der Waals surface area contributed by atoms with Crippen LogP contribution >= 0.6 is 0 Å². The van der Waals surface area contributed by atoms with Gasteiger partial charge in [-0.2, -0.15) is 0 Å². The molecule has 4 heteroatoms. The fourth-order valence-electron chi connectivity index (χ4n) is 3.78. The maximum Gasteiger partial charge on any atom is 0.307 e. The number of allylic oxidation sites excluding steroid dienone is 2. The van der Waals surface area contributed by atoms with Gasteiger partial charge in [-0.05, 0) is 36.8 Å². The van der Waals surface area contributed by atoms with E-state index in [1.807, 2.05) is 43.3 Å². The molecule has 1 aromatic carbocycles. The molecule has 110 valence electrons. The molecular weight excluding hydrogens is 266 g/mol. The third-order valence-corrected chi connectivity index (χ3v) is 4.84. The maximum atomic E-state index is 12.8. The van der Waals surface area contributed by atoms with Gasteiger partial charge in [-0.15, -0.1) is 0 Å². The van der Waals surface area contributed by atoms with Gasteiger partial charge in [0, 0.05) is 12.7 Å². The highest BCUT2D eigenvalue weighted by Gasteiger charge is 2.52. The first-order chi connectivity index (χ1) is 10.0. The predicted molar refractivity (Wildman–Crippen MR) is 79.9 cm³/mol. The van der Waals surface area contributed by atoms with Gasteiger partial charge in [-0.25, -0.2) is 0 Å². The molecule has 2 unspecified atom stereocenters. The lowest BCUT2D eigenvalue weighted by molar-refractivity contribution is -0.147. The molecule has 1 aromatic rings. The molecule has 2 aliphatic carbocycles. The van der Waals surface area contributed by atoms with Gasteiger partial charge in [0.15, 0.2) is 0 Å². The van der Waals surface area contributed by atoms with Crippen molar-refractivity contribution in [2.45, 2.75) is 13.3 Å². The topological polar surface area (TPSA) is 57.6 Å². The molecule has 0 heterocycles. The number of fused-ring (bicyclic) bond motifs is 2. The van der Waals surface area contributed by atoms with E-state index in [2.05, 4.69) is 0 Å². The molecule has 21 heavy (non-hydrogen) atoms. The molecule has 4 nitrogen and oxygen atoms in total. The zero-order valence-electron chi connectivity index (χ0n) is 12.2. The summed E-state index contributed by atoms with van der Waals surface area (Å²) in [6, 6.07) is 7.67. The summed E-state index contributed by atoms with van der Waals surface area (Å²) in [6.45, 7) is 1.95. The van der Waals surface area contributed by atoms with Crippen molar-refractivity contribution < 1.29 is 14.7 Å². The van der Waals surface area contributed by atoms with Crippen molar-refractivity contribution in [2.24, 2.45) is 23.7 Å². The Labute approximate surface area is 124 Å². The minimum atomic E-state index is -0.858. The van der Waals surface area contributed by atoms with Crippen molar-refractivity contribution in [1.82, 2.24) is 0 Å². The molecule has 2 bridgehead atoms. The first kappa shape index (κ1) is 13.9. The molecule has 4 atom stereocenters. The molecular formula is C17H19NO3. The number of carbonyl (C=O) groups excluding carboxylic acids is 1. The molecule has 0 aliphatic heterocycles. The summed E-state index contributed by atoms with van der Waals surface area (Å²) in [5.74, 6) is -1.90. The monoisotopic (exact) mass is 285 g/mol. The number of anilines is 1. The number of aliphatic carboxylic acids is 1. The predicted octanol–water partition coefficient (Wildman–Crippen LogP) is 2.48. The van der Waals surface area contributed by atoms with E-state index in [0.717, 1.165) is 17.7 Å². The van der Waals surface area contributed by atoms with Crippen molar-refractivity contribution in [3.8, 4) is 0 Å². The number of carboxylic acids is 1. The molecule has 0 radical (unpaired) electrons. The fraction of sp³-hybridized carbons (Fsp3) is 0.412. The number of hydrogen-bond donors (Lipinski definition) is 1. The molecule has 0 spiro atoms. The third-order valence-electron chi connectivity index (χ3n) is 4.84. The Morgan fingerprint density at radius 1 is 1.14 bits per heavy atom. The zero-order chi connectivity index (χ0) is 15.1. The van der Waals surface area contributed by atoms with Gasteiger partial charge >= 0.3 is 5.97 Å². The van der Waals surface area contributed by atoms with E-state index in [1.165, 1.54) is 0 Å². The number of nitrogens with zero attached hydrogens (tertiary/aromatic N) is 1. The second kappa shape index (κ2) is 5.02. The summed E-state index contributed by atoms with van der Waals surface area (Å²) in [4.78, 5) is 26.0. The molecule has 1 fully saturated rings. The summed E-state index contributed by atoms with van der Waals surface area (Å²) < 4.78 is 0. The molecule has 1 amide bonds. The van der Waals surface area contributed by atoms with Crippen molar-refractivity contribution in [3.05, 3.63) is 42.0 Å². The smallest absolute Gasteiger partial charge is 0.307 e. The summed E-state index contributed by atoms with van der Waals surface area (Å²) in [7, 11) is 1.74. The molecule has 0 saturated heterocycles. The van der Waals surface area contributed by atoms with E-state index in [-0.39, 0.29) is 17.7 Å². The van der Waals surface area contributed by atoms with Crippen molar-refractivity contribution in [3.63, 3.8) is 0 Å². The first-order valence-corrected chi connectivity index (χ1v) is 7.25. The summed E-state index contributed by atoms with van der Waals surface area (Å²) in [5.41, 5.74) is 1.86. The van der Waals surface area contributed by atoms with Gasteiger partial charge in [-0.1, -0.05) is 30.4 Å². The van der Waals surface area contributed by atoms with E-state index in [4.69, 9.17) is 0 Å². The van der Waals surface area contributed by atoms with Crippen LogP contribution in [0.15, 0.2) is 36.4 Å². The Balaban J connectivity index is 1.90. The average Bonchev–Trinajstić information content (AvgIpc) is 3.06. The van der Waals surface area contributed by atoms with Gasteiger partial charge in [0.05, 0.1) is 11.8 Å². The molecule has 2 aliphatic rings. The van der Waals surface area contributed by atoms with Crippen LogP contribution in [0.5, 0.6) is 0 Å². The summed E-state index contributed by atoms with van der Waals surface area (Å²) >= 11 is 0. The number of para-hydroxylation sites is 1. The molecule has 0 aromatic heterocycles. The van der Waals surface area contributed by atoms with Crippen molar-refractivity contribution >= 4 is 17.6 Å². The van der Waals surface area contributed by atoms with Crippen LogP contribution < -0.4 is 4.90 Å². The van der Waals surface area contributed by atoms with Crippen LogP contribution in [0.2, 0.25) is 0 Å². The zero-order valence-corrected chi connectivity index (χ0v) is 12.2. The highest BCUT2D eigenvalue weighted by Crippen LogP contribution is 2.49. The Morgan fingerprint density at radius 2 is 1.76 bits per heavy atom. The van der Waals surface area contributed by atoms with Crippen LogP contribution in [-0.4, -0.2) is 24.0 Å². The second-order valence-corrected chi connectivity index (χ2v) is 6.02. The molecule has 1 N–H and O–H groups in total. The Morgan fingerprint density at radius 3 is 2.38 bits per heavy atom. The van der Waals surface area contributed by atoms with Crippen LogP contribution in [0.25, 0.3) is 0 Å². The molecule has 1 saturated carbocycles. The van der Waals surface area contributed by atoms with Gasteiger partial charge in [0.1, 0.15) is 0 Å². The number of amides is 1. The minimum absolute atomic E-state index is 0.00622. The highest BCUT2D eigenvalue weighted by molar-refractivity contribution is 5.98. The summed E-state index contributed by atoms with van der Waals surface area (Å²) in [5, 5.41) is 9.46. The number of aryl methyl sites for hydroxylation is 1. The average molecular weight is 285 g/mol. The standard InChI is InChI=1S/C17H19NO3/c1-10-5-3-4-6-13(10)18(2)16(19)14-11-7-8-12(9-11)15(14)17(20)21/h3-8,11-12,14-15H,9H2,1-2H3,(H,20,21)/t11?,12?,14-,15+/m0/s1. The molecule has 3 rings (SSSR count). The lowest BCUT2D eigenvalue weighted by Crippen LogP contribution is -2.41. The number of rotatable bonds is 3.